The SMILES string of the molecule is CCCCC/C=C\C/C=C\CCCCCCCC(=O)OCC(COP(=O)([O-])OCC[N+](C)(C)C)OC(=O)CCCCCCC/C=C\C/C=C\CCCCC. The number of quaternary nitrogens is 1. The van der Waals surface area contributed by atoms with Gasteiger partial charge in [0, 0.05) is 12.8 Å². The van der Waals surface area contributed by atoms with Crippen molar-refractivity contribution in [1.29, 1.82) is 0 Å². The first-order valence-corrected chi connectivity index (χ1v) is 22.8. The van der Waals surface area contributed by atoms with E-state index in [1.54, 1.807) is 0 Å². The number of ether oxygens (including phenoxy) is 2. The van der Waals surface area contributed by atoms with Crippen LogP contribution in [-0.4, -0.2) is 70.0 Å². The van der Waals surface area contributed by atoms with E-state index in [-0.39, 0.29) is 26.1 Å². The van der Waals surface area contributed by atoms with Crippen LogP contribution >= 0.6 is 7.82 Å². The summed E-state index contributed by atoms with van der Waals surface area (Å²) < 4.78 is 33.8. The molecule has 0 aromatic rings. The molecule has 0 rings (SSSR count). The number of rotatable bonds is 38. The van der Waals surface area contributed by atoms with E-state index in [0.29, 0.717) is 23.9 Å². The summed E-state index contributed by atoms with van der Waals surface area (Å²) in [6.45, 7) is 4.13. The lowest BCUT2D eigenvalue weighted by Gasteiger charge is -2.28. The van der Waals surface area contributed by atoms with Crippen LogP contribution in [0.1, 0.15) is 168 Å². The molecule has 0 fully saturated rings. The third kappa shape index (κ3) is 39.7. The van der Waals surface area contributed by atoms with E-state index in [0.717, 1.165) is 77.0 Å². The van der Waals surface area contributed by atoms with E-state index in [9.17, 15) is 19.0 Å². The van der Waals surface area contributed by atoms with Gasteiger partial charge >= 0.3 is 11.9 Å². The first-order chi connectivity index (χ1) is 26.0. The van der Waals surface area contributed by atoms with Crippen molar-refractivity contribution >= 4 is 19.8 Å². The predicted octanol–water partition coefficient (Wildman–Crippen LogP) is 11.3. The number of phosphoric acid groups is 1. The summed E-state index contributed by atoms with van der Waals surface area (Å²) in [5, 5.41) is 0. The first kappa shape index (κ1) is 52.0. The monoisotopic (exact) mass is 782 g/mol. The molecule has 0 N–H and O–H groups in total. The number of nitrogens with zero attached hydrogens (tertiary/aromatic N) is 1. The average Bonchev–Trinajstić information content (AvgIpc) is 3.12. The van der Waals surface area contributed by atoms with Gasteiger partial charge in [-0.3, -0.25) is 14.2 Å². The Morgan fingerprint density at radius 3 is 1.46 bits per heavy atom. The second kappa shape index (κ2) is 36.6. The number of likely N-dealkylation sites (N-methyl/N-ethyl adjacent to an activating group) is 1. The smallest absolute Gasteiger partial charge is 0.306 e. The minimum atomic E-state index is -4.63. The van der Waals surface area contributed by atoms with Crippen molar-refractivity contribution in [3.05, 3.63) is 48.6 Å². The largest absolute Gasteiger partial charge is 0.756 e. The van der Waals surface area contributed by atoms with Gasteiger partial charge in [0.05, 0.1) is 27.7 Å². The summed E-state index contributed by atoms with van der Waals surface area (Å²) in [7, 11) is 1.14. The first-order valence-electron chi connectivity index (χ1n) is 21.3. The lowest BCUT2D eigenvalue weighted by molar-refractivity contribution is -0.870. The molecule has 0 heterocycles. The van der Waals surface area contributed by atoms with Crippen LogP contribution in [0, 0.1) is 0 Å². The third-order valence-electron chi connectivity index (χ3n) is 8.82. The topological polar surface area (TPSA) is 111 Å². The number of allylic oxidation sites excluding steroid dienone is 8. The quantitative estimate of drug-likeness (QED) is 0.0200. The standard InChI is InChI=1S/C44H80NO8P/c1-6-8-10-12-14-16-18-20-22-24-26-28-30-32-34-36-43(46)50-40-42(41-52-54(48,49)51-39-38-45(3,4)5)53-44(47)37-35-33-31-29-27-25-23-21-19-17-15-13-11-9-7-2/h14-17,20-23,42H,6-13,18-19,24-41H2,1-5H3/b16-14-,17-15-,22-20-,23-21-. The number of phosphoric ester groups is 1. The number of carbonyl (C=O) groups excluding carboxylic acids is 2. The van der Waals surface area contributed by atoms with Gasteiger partial charge < -0.3 is 27.9 Å². The molecular weight excluding hydrogens is 701 g/mol. The van der Waals surface area contributed by atoms with Gasteiger partial charge in [-0.05, 0) is 77.0 Å². The zero-order valence-corrected chi connectivity index (χ0v) is 36.0. The highest BCUT2D eigenvalue weighted by molar-refractivity contribution is 7.45. The lowest BCUT2D eigenvalue weighted by atomic mass is 10.1. The molecule has 0 aromatic heterocycles. The molecule has 0 saturated heterocycles. The number of carbonyl (C=O) groups is 2. The normalized spacial score (nSPS) is 14.1. The van der Waals surface area contributed by atoms with Gasteiger partial charge in [0.1, 0.15) is 19.8 Å². The van der Waals surface area contributed by atoms with Crippen molar-refractivity contribution in [2.24, 2.45) is 0 Å². The van der Waals surface area contributed by atoms with Gasteiger partial charge in [0.2, 0.25) is 0 Å². The molecule has 10 heteroatoms. The molecule has 0 aliphatic carbocycles. The van der Waals surface area contributed by atoms with Gasteiger partial charge in [-0.15, -0.1) is 0 Å². The molecule has 0 aliphatic rings. The Morgan fingerprint density at radius 2 is 1.00 bits per heavy atom. The summed E-state index contributed by atoms with van der Waals surface area (Å²) in [6, 6.07) is 0. The molecule has 54 heavy (non-hydrogen) atoms. The molecule has 0 spiro atoms. The molecular formula is C44H80NO8P. The second-order valence-electron chi connectivity index (χ2n) is 15.3. The minimum absolute atomic E-state index is 0.0376. The van der Waals surface area contributed by atoms with Gasteiger partial charge in [-0.25, -0.2) is 0 Å². The predicted molar refractivity (Wildman–Crippen MR) is 222 cm³/mol. The highest BCUT2D eigenvalue weighted by Crippen LogP contribution is 2.38. The fourth-order valence-electron chi connectivity index (χ4n) is 5.42. The van der Waals surface area contributed by atoms with Gasteiger partial charge in [0.25, 0.3) is 7.82 Å². The zero-order chi connectivity index (χ0) is 40.0. The Bertz CT molecular complexity index is 1070. The molecule has 314 valence electrons. The Hall–Kier alpha value is -2.03. The van der Waals surface area contributed by atoms with Crippen LogP contribution in [0.25, 0.3) is 0 Å². The Labute approximate surface area is 331 Å². The second-order valence-corrected chi connectivity index (χ2v) is 16.8. The Morgan fingerprint density at radius 1 is 0.574 bits per heavy atom. The highest BCUT2D eigenvalue weighted by Gasteiger charge is 2.21. The molecule has 9 nitrogen and oxygen atoms in total. The lowest BCUT2D eigenvalue weighted by Crippen LogP contribution is -2.37. The maximum Gasteiger partial charge on any atom is 0.306 e. The number of unbranched alkanes of at least 4 members (excludes halogenated alkanes) is 16. The van der Waals surface area contributed by atoms with E-state index >= 15 is 0 Å². The summed E-state index contributed by atoms with van der Waals surface area (Å²) in [6.07, 6.45) is 41.3. The summed E-state index contributed by atoms with van der Waals surface area (Å²) in [5.41, 5.74) is 0. The molecule has 0 radical (unpaired) electrons. The van der Waals surface area contributed by atoms with Crippen molar-refractivity contribution in [3.8, 4) is 0 Å². The highest BCUT2D eigenvalue weighted by atomic mass is 31.2. The van der Waals surface area contributed by atoms with E-state index in [4.69, 9.17) is 18.5 Å². The summed E-state index contributed by atoms with van der Waals surface area (Å²) >= 11 is 0. The van der Waals surface area contributed by atoms with Crippen molar-refractivity contribution in [2.45, 2.75) is 174 Å². The average molecular weight is 782 g/mol. The van der Waals surface area contributed by atoms with E-state index in [1.807, 2.05) is 21.1 Å². The Balaban J connectivity index is 4.44. The van der Waals surface area contributed by atoms with Crippen LogP contribution in [-0.2, 0) is 32.7 Å². The minimum Gasteiger partial charge on any atom is -0.756 e. The molecule has 2 atom stereocenters. The third-order valence-corrected chi connectivity index (χ3v) is 9.79. The fourth-order valence-corrected chi connectivity index (χ4v) is 6.15. The van der Waals surface area contributed by atoms with Gasteiger partial charge in [-0.2, -0.15) is 0 Å². The van der Waals surface area contributed by atoms with Crippen molar-refractivity contribution in [2.75, 3.05) is 47.5 Å². The fraction of sp³-hybridized carbons (Fsp3) is 0.773. The van der Waals surface area contributed by atoms with E-state index < -0.39 is 32.5 Å². The van der Waals surface area contributed by atoms with Crippen LogP contribution in [0.15, 0.2) is 48.6 Å². The number of hydrogen-bond donors (Lipinski definition) is 0. The van der Waals surface area contributed by atoms with Gasteiger partial charge in [-0.1, -0.05) is 127 Å². The van der Waals surface area contributed by atoms with Crippen molar-refractivity contribution < 1.29 is 42.1 Å². The molecule has 0 bridgehead atoms. The van der Waals surface area contributed by atoms with E-state index in [2.05, 4.69) is 62.5 Å². The molecule has 0 amide bonds. The molecule has 2 unspecified atom stereocenters. The molecule has 0 aromatic carbocycles. The van der Waals surface area contributed by atoms with Crippen LogP contribution in [0.3, 0.4) is 0 Å². The van der Waals surface area contributed by atoms with Crippen LogP contribution in [0.5, 0.6) is 0 Å². The van der Waals surface area contributed by atoms with Crippen LogP contribution in [0.2, 0.25) is 0 Å². The summed E-state index contributed by atoms with van der Waals surface area (Å²) in [4.78, 5) is 37.5. The molecule has 0 aliphatic heterocycles. The maximum atomic E-state index is 12.6. The van der Waals surface area contributed by atoms with Crippen LogP contribution < -0.4 is 4.89 Å². The maximum absolute atomic E-state index is 12.6. The van der Waals surface area contributed by atoms with Crippen molar-refractivity contribution in [3.63, 3.8) is 0 Å². The Kier molecular flexibility index (Phi) is 35.2. The number of hydrogen-bond acceptors (Lipinski definition) is 8. The van der Waals surface area contributed by atoms with Crippen molar-refractivity contribution in [1.82, 2.24) is 0 Å². The van der Waals surface area contributed by atoms with Crippen LogP contribution in [0.4, 0.5) is 0 Å². The van der Waals surface area contributed by atoms with E-state index in [1.165, 1.54) is 51.4 Å². The zero-order valence-electron chi connectivity index (χ0n) is 35.2. The molecule has 0 saturated carbocycles. The summed E-state index contributed by atoms with van der Waals surface area (Å²) in [5.74, 6) is -0.870. The van der Waals surface area contributed by atoms with Gasteiger partial charge in [0.15, 0.2) is 6.10 Å². The number of esters is 2.